The summed E-state index contributed by atoms with van der Waals surface area (Å²) in [5, 5.41) is 8.79. The molecule has 8 heteroatoms. The van der Waals surface area contributed by atoms with E-state index in [4.69, 9.17) is 5.11 Å². The van der Waals surface area contributed by atoms with Crippen LogP contribution in [-0.2, 0) is 10.1 Å². The van der Waals surface area contributed by atoms with Crippen LogP contribution in [0.3, 0.4) is 0 Å². The Bertz CT molecular complexity index is 305. The van der Waals surface area contributed by atoms with E-state index in [0.29, 0.717) is 6.42 Å². The molecule has 0 spiro atoms. The summed E-state index contributed by atoms with van der Waals surface area (Å²) in [5.74, 6) is -0.253. The fourth-order valence-corrected chi connectivity index (χ4v) is 2.55. The summed E-state index contributed by atoms with van der Waals surface area (Å²) in [7, 11) is -4.05. The first-order chi connectivity index (χ1) is 8.01. The summed E-state index contributed by atoms with van der Waals surface area (Å²) in [6, 6.07) is 0. The number of β-amino-alcohol motifs (C(OH)–C–C–N with tert-alkyl or cyclic N) is 1. The van der Waals surface area contributed by atoms with Gasteiger partial charge in [-0.3, -0.25) is 4.90 Å². The Morgan fingerprint density at radius 3 is 1.94 bits per heavy atom. The second kappa shape index (κ2) is 9.66. The van der Waals surface area contributed by atoms with Gasteiger partial charge in [0.1, 0.15) is 0 Å². The van der Waals surface area contributed by atoms with Crippen LogP contribution in [0.1, 0.15) is 12.8 Å². The fourth-order valence-electron chi connectivity index (χ4n) is 1.99. The zero-order chi connectivity index (χ0) is 12.7. The number of nitrogens with zero attached hydrogens (tertiary/aromatic N) is 2. The Morgan fingerprint density at radius 1 is 1.00 bits per heavy atom. The van der Waals surface area contributed by atoms with E-state index in [1.165, 1.54) is 0 Å². The molecule has 0 atom stereocenters. The Hall–Kier alpha value is 0.790. The van der Waals surface area contributed by atoms with Gasteiger partial charge in [-0.05, 0) is 19.4 Å². The van der Waals surface area contributed by atoms with Gasteiger partial charge < -0.3 is 14.6 Å². The largest absolute Gasteiger partial charge is 1.00 e. The van der Waals surface area contributed by atoms with Gasteiger partial charge in [0.25, 0.3) is 0 Å². The number of rotatable bonds is 7. The number of unbranched alkanes of at least 4 members (excludes halogenated alkanes) is 1. The maximum absolute atomic E-state index is 10.4. The zero-order valence-corrected chi connectivity index (χ0v) is 13.9. The minimum atomic E-state index is -4.05. The fraction of sp³-hybridized carbons (Fsp3) is 1.00. The van der Waals surface area contributed by atoms with Crippen molar-refractivity contribution in [3.8, 4) is 0 Å². The Morgan fingerprint density at radius 2 is 1.50 bits per heavy atom. The van der Waals surface area contributed by atoms with Crippen molar-refractivity contribution in [2.24, 2.45) is 0 Å². The SMILES string of the molecule is O=S(=O)([O-])CCCCN1CCN(CCO)CC1.[Na+]. The predicted molar refractivity (Wildman–Crippen MR) is 63.8 cm³/mol. The van der Waals surface area contributed by atoms with Crippen LogP contribution in [0.5, 0.6) is 0 Å². The van der Waals surface area contributed by atoms with Gasteiger partial charge >= 0.3 is 29.6 Å². The third-order valence-electron chi connectivity index (χ3n) is 3.00. The van der Waals surface area contributed by atoms with Crippen molar-refractivity contribution < 1.29 is 47.6 Å². The van der Waals surface area contributed by atoms with Crippen molar-refractivity contribution in [2.45, 2.75) is 12.8 Å². The van der Waals surface area contributed by atoms with Crippen LogP contribution in [0.25, 0.3) is 0 Å². The van der Waals surface area contributed by atoms with Gasteiger partial charge in [0, 0.05) is 38.5 Å². The van der Waals surface area contributed by atoms with E-state index in [1.807, 2.05) is 0 Å². The molecule has 0 aliphatic carbocycles. The minimum absolute atomic E-state index is 0. The van der Waals surface area contributed by atoms with E-state index < -0.39 is 10.1 Å². The Kier molecular flexibility index (Phi) is 10.1. The summed E-state index contributed by atoms with van der Waals surface area (Å²) < 4.78 is 31.2. The molecule has 0 aromatic rings. The van der Waals surface area contributed by atoms with Crippen LogP contribution >= 0.6 is 0 Å². The zero-order valence-electron chi connectivity index (χ0n) is 11.0. The van der Waals surface area contributed by atoms with Gasteiger partial charge in [-0.2, -0.15) is 0 Å². The molecule has 0 amide bonds. The Balaban J connectivity index is 0.00000289. The van der Waals surface area contributed by atoms with Crippen molar-refractivity contribution in [3.05, 3.63) is 0 Å². The van der Waals surface area contributed by atoms with Crippen molar-refractivity contribution in [3.63, 3.8) is 0 Å². The number of hydrogen-bond donors (Lipinski definition) is 1. The molecule has 6 nitrogen and oxygen atoms in total. The molecule has 0 radical (unpaired) electrons. The molecule has 1 aliphatic heterocycles. The van der Waals surface area contributed by atoms with E-state index >= 15 is 0 Å². The normalized spacial score (nSPS) is 18.6. The smallest absolute Gasteiger partial charge is 0.748 e. The minimum Gasteiger partial charge on any atom is -0.748 e. The maximum atomic E-state index is 10.4. The molecule has 102 valence electrons. The molecule has 1 heterocycles. The van der Waals surface area contributed by atoms with Crippen LogP contribution in [0.15, 0.2) is 0 Å². The number of hydrogen-bond acceptors (Lipinski definition) is 6. The van der Waals surface area contributed by atoms with Crippen LogP contribution in [0.2, 0.25) is 0 Å². The second-order valence-electron chi connectivity index (χ2n) is 4.38. The van der Waals surface area contributed by atoms with Gasteiger partial charge in [-0.15, -0.1) is 0 Å². The molecule has 1 rings (SSSR count). The van der Waals surface area contributed by atoms with E-state index in [1.54, 1.807) is 0 Å². The Labute approximate surface area is 131 Å². The van der Waals surface area contributed by atoms with Gasteiger partial charge in [0.05, 0.1) is 16.7 Å². The second-order valence-corrected chi connectivity index (χ2v) is 5.90. The quantitative estimate of drug-likeness (QED) is 0.291. The molecule has 1 fully saturated rings. The third-order valence-corrected chi connectivity index (χ3v) is 3.79. The third kappa shape index (κ3) is 8.82. The van der Waals surface area contributed by atoms with Gasteiger partial charge in [0.2, 0.25) is 0 Å². The van der Waals surface area contributed by atoms with Crippen molar-refractivity contribution >= 4 is 10.1 Å². The maximum Gasteiger partial charge on any atom is 1.00 e. The van der Waals surface area contributed by atoms with Crippen molar-refractivity contribution in [1.29, 1.82) is 0 Å². The van der Waals surface area contributed by atoms with Crippen molar-refractivity contribution in [2.75, 3.05) is 51.6 Å². The average molecular weight is 288 g/mol. The van der Waals surface area contributed by atoms with E-state index in [2.05, 4.69) is 9.80 Å². The van der Waals surface area contributed by atoms with Crippen LogP contribution in [0, 0.1) is 0 Å². The van der Waals surface area contributed by atoms with Gasteiger partial charge in [-0.1, -0.05) is 0 Å². The first kappa shape index (κ1) is 18.8. The molecule has 0 bridgehead atoms. The molecule has 0 aromatic carbocycles. The molecule has 18 heavy (non-hydrogen) atoms. The molecule has 1 saturated heterocycles. The van der Waals surface area contributed by atoms with E-state index in [9.17, 15) is 13.0 Å². The van der Waals surface area contributed by atoms with Gasteiger partial charge in [0.15, 0.2) is 0 Å². The number of piperazine rings is 1. The van der Waals surface area contributed by atoms with Crippen LogP contribution in [-0.4, -0.2) is 79.5 Å². The standard InChI is InChI=1S/C10H22N2O4S.Na/c13-9-8-12-6-4-11(5-7-12)3-1-2-10-17(14,15)16;/h13H,1-10H2,(H,14,15,16);/q;+1/p-1. The molecular formula is C10H21N2NaO4S. The summed E-state index contributed by atoms with van der Waals surface area (Å²) in [5.41, 5.74) is 0. The van der Waals surface area contributed by atoms with Crippen LogP contribution in [0.4, 0.5) is 0 Å². The monoisotopic (exact) mass is 288 g/mol. The van der Waals surface area contributed by atoms with Crippen LogP contribution < -0.4 is 29.6 Å². The predicted octanol–water partition coefficient (Wildman–Crippen LogP) is -4.07. The van der Waals surface area contributed by atoms with E-state index in [-0.39, 0.29) is 41.9 Å². The summed E-state index contributed by atoms with van der Waals surface area (Å²) in [4.78, 5) is 4.48. The topological polar surface area (TPSA) is 83.9 Å². The molecule has 0 saturated carbocycles. The molecule has 1 aliphatic rings. The molecular weight excluding hydrogens is 267 g/mol. The van der Waals surface area contributed by atoms with E-state index in [0.717, 1.165) is 45.7 Å². The molecule has 0 aromatic heterocycles. The number of aliphatic hydroxyl groups is 1. The summed E-state index contributed by atoms with van der Waals surface area (Å²) in [6.45, 7) is 5.56. The first-order valence-electron chi connectivity index (χ1n) is 6.00. The summed E-state index contributed by atoms with van der Waals surface area (Å²) >= 11 is 0. The molecule has 0 unspecified atom stereocenters. The average Bonchev–Trinajstić information content (AvgIpc) is 2.26. The molecule has 1 N–H and O–H groups in total. The number of aliphatic hydroxyl groups excluding tert-OH is 1. The van der Waals surface area contributed by atoms with Gasteiger partial charge in [-0.25, -0.2) is 8.42 Å². The summed E-state index contributed by atoms with van der Waals surface area (Å²) in [6.07, 6.45) is 1.20. The first-order valence-corrected chi connectivity index (χ1v) is 7.58. The van der Waals surface area contributed by atoms with Crippen molar-refractivity contribution in [1.82, 2.24) is 9.80 Å².